The Kier molecular flexibility index (Phi) is 12.0. The SMILES string of the molecule is O=C(O)c1cc(CN2CC(Oc3ccc(NS(=O)(=O)N4CCOC(c5ccc(F)cc5)C4)c(C(=O)O)c3)C2)ccc1NS(=O)(=O)N1CCOC(c2ccc(F)cc2)C1. The second-order valence-corrected chi connectivity index (χ2v) is 17.2. The standard InChI is InChI=1S/C38H39F2N5O11S2/c39-27-6-2-25(3-7-27)35-22-44(13-15-54-35)57(50,51)41-33-11-1-24(17-31(33)37(46)47)19-43-20-30(21-43)56-29-10-12-34(32(18-29)38(48)49)42-58(52,53)45-14-16-55-36(23-45)26-4-8-28(40)9-5-26/h1-12,17-18,30,35-36,41-42H,13-16,19-23H2,(H,46,47)(H,48,49). The van der Waals surface area contributed by atoms with Crippen LogP contribution in [0.4, 0.5) is 20.2 Å². The van der Waals surface area contributed by atoms with E-state index in [-0.39, 0.29) is 73.7 Å². The molecule has 58 heavy (non-hydrogen) atoms. The molecule has 3 heterocycles. The van der Waals surface area contributed by atoms with Crippen LogP contribution in [0.2, 0.25) is 0 Å². The van der Waals surface area contributed by atoms with E-state index in [0.29, 0.717) is 36.3 Å². The minimum Gasteiger partial charge on any atom is -0.488 e. The van der Waals surface area contributed by atoms with Gasteiger partial charge in [0.25, 0.3) is 0 Å². The minimum absolute atomic E-state index is 0.0196. The predicted octanol–water partition coefficient (Wildman–Crippen LogP) is 4.08. The maximum Gasteiger partial charge on any atom is 0.337 e. The molecule has 3 aliphatic heterocycles. The summed E-state index contributed by atoms with van der Waals surface area (Å²) in [5.41, 5.74) is 0.912. The van der Waals surface area contributed by atoms with Gasteiger partial charge in [0, 0.05) is 45.8 Å². The molecule has 3 saturated heterocycles. The van der Waals surface area contributed by atoms with Crippen LogP contribution >= 0.6 is 0 Å². The van der Waals surface area contributed by atoms with Gasteiger partial charge in [-0.05, 0) is 71.3 Å². The number of carbonyl (C=O) groups is 2. The van der Waals surface area contributed by atoms with Crippen molar-refractivity contribution < 1.29 is 59.6 Å². The smallest absolute Gasteiger partial charge is 0.337 e. The van der Waals surface area contributed by atoms with Gasteiger partial charge in [-0.1, -0.05) is 30.3 Å². The molecule has 0 bridgehead atoms. The molecule has 0 saturated carbocycles. The first-order chi connectivity index (χ1) is 27.6. The van der Waals surface area contributed by atoms with E-state index in [0.717, 1.165) is 8.61 Å². The Bertz CT molecular complexity index is 2220. The molecule has 3 aliphatic rings. The molecule has 7 rings (SSSR count). The molecule has 0 aromatic heterocycles. The summed E-state index contributed by atoms with van der Waals surface area (Å²) in [5.74, 6) is -3.41. The van der Waals surface area contributed by atoms with Gasteiger partial charge in [-0.15, -0.1) is 0 Å². The van der Waals surface area contributed by atoms with E-state index in [1.54, 1.807) is 6.07 Å². The van der Waals surface area contributed by atoms with Crippen molar-refractivity contribution in [3.8, 4) is 5.75 Å². The van der Waals surface area contributed by atoms with E-state index >= 15 is 0 Å². The Labute approximate surface area is 332 Å². The fraction of sp³-hybridized carbons (Fsp3) is 0.316. The van der Waals surface area contributed by atoms with Crippen LogP contribution < -0.4 is 14.2 Å². The molecular formula is C38H39F2N5O11S2. The normalized spacial score (nSPS) is 19.9. The Morgan fingerprint density at radius 1 is 0.672 bits per heavy atom. The average molecular weight is 844 g/mol. The van der Waals surface area contributed by atoms with Gasteiger partial charge in [0.15, 0.2) is 0 Å². The number of nitrogens with zero attached hydrogens (tertiary/aromatic N) is 3. The van der Waals surface area contributed by atoms with Crippen molar-refractivity contribution in [2.75, 3.05) is 61.9 Å². The highest BCUT2D eigenvalue weighted by atomic mass is 32.2. The third-order valence-corrected chi connectivity index (χ3v) is 12.8. The molecule has 4 aromatic rings. The zero-order valence-electron chi connectivity index (χ0n) is 30.7. The van der Waals surface area contributed by atoms with Gasteiger partial charge in [0.2, 0.25) is 0 Å². The number of benzene rings is 4. The Hall–Kier alpha value is -5.22. The van der Waals surface area contributed by atoms with Crippen LogP contribution in [0.15, 0.2) is 84.9 Å². The summed E-state index contributed by atoms with van der Waals surface area (Å²) in [6.07, 6.45) is -1.64. The van der Waals surface area contributed by atoms with E-state index in [1.807, 2.05) is 4.90 Å². The Morgan fingerprint density at radius 2 is 1.14 bits per heavy atom. The molecule has 4 N–H and O–H groups in total. The fourth-order valence-corrected chi connectivity index (χ4v) is 9.31. The van der Waals surface area contributed by atoms with Crippen molar-refractivity contribution in [2.45, 2.75) is 24.9 Å². The molecule has 2 atom stereocenters. The Morgan fingerprint density at radius 3 is 1.62 bits per heavy atom. The largest absolute Gasteiger partial charge is 0.488 e. The molecule has 2 unspecified atom stereocenters. The molecular weight excluding hydrogens is 805 g/mol. The summed E-state index contributed by atoms with van der Waals surface area (Å²) < 4.78 is 105. The molecule has 3 fully saturated rings. The van der Waals surface area contributed by atoms with Crippen molar-refractivity contribution in [3.63, 3.8) is 0 Å². The lowest BCUT2D eigenvalue weighted by atomic mass is 10.1. The molecule has 0 spiro atoms. The van der Waals surface area contributed by atoms with Gasteiger partial charge < -0.3 is 24.4 Å². The van der Waals surface area contributed by atoms with Gasteiger partial charge in [-0.3, -0.25) is 14.3 Å². The number of ether oxygens (including phenoxy) is 3. The second-order valence-electron chi connectivity index (χ2n) is 13.9. The molecule has 16 nitrogen and oxygen atoms in total. The lowest BCUT2D eigenvalue weighted by molar-refractivity contribution is -0.00241. The first kappa shape index (κ1) is 41.0. The summed E-state index contributed by atoms with van der Waals surface area (Å²) in [7, 11) is -8.41. The monoisotopic (exact) mass is 843 g/mol. The highest BCUT2D eigenvalue weighted by Crippen LogP contribution is 2.30. The quantitative estimate of drug-likeness (QED) is 0.142. The van der Waals surface area contributed by atoms with E-state index < -0.39 is 56.2 Å². The van der Waals surface area contributed by atoms with Gasteiger partial charge >= 0.3 is 32.4 Å². The lowest BCUT2D eigenvalue weighted by Crippen LogP contribution is -2.53. The van der Waals surface area contributed by atoms with Crippen LogP contribution in [-0.4, -0.2) is 111 Å². The second kappa shape index (κ2) is 16.9. The van der Waals surface area contributed by atoms with E-state index in [9.17, 15) is 45.4 Å². The number of carboxylic acids is 2. The average Bonchev–Trinajstić information content (AvgIpc) is 3.18. The number of nitrogens with one attached hydrogen (secondary N) is 2. The number of rotatable bonds is 14. The van der Waals surface area contributed by atoms with Crippen LogP contribution in [0.5, 0.6) is 5.75 Å². The van der Waals surface area contributed by atoms with Crippen LogP contribution in [0, 0.1) is 11.6 Å². The highest BCUT2D eigenvalue weighted by Gasteiger charge is 2.34. The molecule has 4 aromatic carbocycles. The summed E-state index contributed by atoms with van der Waals surface area (Å²) in [5, 5.41) is 19.9. The molecule has 20 heteroatoms. The van der Waals surface area contributed by atoms with Gasteiger partial charge in [0.05, 0.1) is 47.9 Å². The summed E-state index contributed by atoms with van der Waals surface area (Å²) in [4.78, 5) is 26.4. The summed E-state index contributed by atoms with van der Waals surface area (Å²) in [6.45, 7) is 1.17. The number of hydrogen-bond acceptors (Lipinski definition) is 10. The number of hydrogen-bond donors (Lipinski definition) is 4. The van der Waals surface area contributed by atoms with Crippen LogP contribution in [0.3, 0.4) is 0 Å². The number of aromatic carboxylic acids is 2. The first-order valence-electron chi connectivity index (χ1n) is 18.1. The molecule has 0 aliphatic carbocycles. The van der Waals surface area contributed by atoms with Crippen LogP contribution in [0.1, 0.15) is 49.6 Å². The maximum absolute atomic E-state index is 13.4. The number of morpholine rings is 2. The molecule has 0 radical (unpaired) electrons. The lowest BCUT2D eigenvalue weighted by Gasteiger charge is -2.39. The van der Waals surface area contributed by atoms with Gasteiger partial charge in [0.1, 0.15) is 23.5 Å². The van der Waals surface area contributed by atoms with Crippen molar-refractivity contribution in [1.82, 2.24) is 13.5 Å². The maximum atomic E-state index is 13.4. The topological polar surface area (TPSA) is 204 Å². The van der Waals surface area contributed by atoms with Crippen molar-refractivity contribution >= 4 is 43.7 Å². The zero-order valence-corrected chi connectivity index (χ0v) is 32.3. The van der Waals surface area contributed by atoms with Gasteiger partial charge in [-0.2, -0.15) is 25.4 Å². The van der Waals surface area contributed by atoms with Crippen LogP contribution in [0.25, 0.3) is 0 Å². The van der Waals surface area contributed by atoms with Gasteiger partial charge in [-0.25, -0.2) is 18.4 Å². The number of anilines is 2. The number of halogens is 2. The van der Waals surface area contributed by atoms with Crippen molar-refractivity contribution in [2.24, 2.45) is 0 Å². The summed E-state index contributed by atoms with van der Waals surface area (Å²) in [6, 6.07) is 19.4. The zero-order chi connectivity index (χ0) is 41.2. The predicted molar refractivity (Wildman–Crippen MR) is 205 cm³/mol. The minimum atomic E-state index is -4.21. The van der Waals surface area contributed by atoms with Crippen molar-refractivity contribution in [3.05, 3.63) is 124 Å². The fourth-order valence-electron chi connectivity index (χ4n) is 6.85. The third kappa shape index (κ3) is 9.55. The number of likely N-dealkylation sites (tertiary alicyclic amines) is 1. The molecule has 0 amide bonds. The third-order valence-electron chi connectivity index (χ3n) is 9.87. The van der Waals surface area contributed by atoms with E-state index in [4.69, 9.17) is 14.2 Å². The van der Waals surface area contributed by atoms with E-state index in [2.05, 4.69) is 9.44 Å². The van der Waals surface area contributed by atoms with Crippen molar-refractivity contribution in [1.29, 1.82) is 0 Å². The first-order valence-corrected chi connectivity index (χ1v) is 20.9. The molecule has 308 valence electrons. The van der Waals surface area contributed by atoms with E-state index in [1.165, 1.54) is 78.9 Å². The number of carboxylic acid groups (broad SMARTS) is 2. The van der Waals surface area contributed by atoms with Crippen LogP contribution in [-0.2, 0) is 36.4 Å². The highest BCUT2D eigenvalue weighted by molar-refractivity contribution is 7.90. The Balaban J connectivity index is 0.938. The summed E-state index contributed by atoms with van der Waals surface area (Å²) >= 11 is 0.